The number of aromatic nitrogens is 2. The van der Waals surface area contributed by atoms with Crippen molar-refractivity contribution in [2.45, 2.75) is 13.5 Å². The first-order chi connectivity index (χ1) is 13.6. The lowest BCUT2D eigenvalue weighted by molar-refractivity contribution is -0.143. The number of nitrogens with one attached hydrogen (secondary N) is 1. The van der Waals surface area contributed by atoms with Gasteiger partial charge in [0.2, 0.25) is 0 Å². The van der Waals surface area contributed by atoms with Gasteiger partial charge in [0.05, 0.1) is 22.4 Å². The highest BCUT2D eigenvalue weighted by Crippen LogP contribution is 2.23. The van der Waals surface area contributed by atoms with Crippen molar-refractivity contribution < 1.29 is 14.3 Å². The van der Waals surface area contributed by atoms with Crippen LogP contribution < -0.4 is 4.80 Å². The Balaban J connectivity index is 1.84. The molecule has 28 heavy (non-hydrogen) atoms. The average Bonchev–Trinajstić information content (AvgIpc) is 3.23. The summed E-state index contributed by atoms with van der Waals surface area (Å²) in [7, 11) is 0. The van der Waals surface area contributed by atoms with E-state index in [1.807, 2.05) is 30.3 Å². The third kappa shape index (κ3) is 3.46. The highest BCUT2D eigenvalue weighted by Gasteiger charge is 2.15. The van der Waals surface area contributed by atoms with E-state index in [-0.39, 0.29) is 19.1 Å². The van der Waals surface area contributed by atoms with Crippen molar-refractivity contribution in [3.8, 4) is 0 Å². The van der Waals surface area contributed by atoms with Crippen molar-refractivity contribution in [3.63, 3.8) is 0 Å². The number of amides is 1. The van der Waals surface area contributed by atoms with Gasteiger partial charge in [-0.25, -0.2) is 0 Å². The normalized spacial score (nSPS) is 12.0. The van der Waals surface area contributed by atoms with Gasteiger partial charge in [0.1, 0.15) is 6.54 Å². The molecule has 0 bridgehead atoms. The standard InChI is InChI=1S/C20H16ClN3O3S/c1-2-27-18(25)11-24-16-8-7-12(21)9-17(16)28-20(24)23-19(26)14-10-22-15-6-4-3-5-13(14)15/h3-10,22H,2,11H2,1H3. The number of esters is 1. The van der Waals surface area contributed by atoms with Crippen LogP contribution in [0.1, 0.15) is 17.3 Å². The smallest absolute Gasteiger partial charge is 0.326 e. The summed E-state index contributed by atoms with van der Waals surface area (Å²) < 4.78 is 7.58. The van der Waals surface area contributed by atoms with E-state index in [4.69, 9.17) is 16.3 Å². The Bertz CT molecular complexity index is 1270. The molecule has 0 saturated carbocycles. The molecule has 142 valence electrons. The van der Waals surface area contributed by atoms with Gasteiger partial charge in [-0.05, 0) is 31.2 Å². The van der Waals surface area contributed by atoms with Crippen LogP contribution in [0.3, 0.4) is 0 Å². The summed E-state index contributed by atoms with van der Waals surface area (Å²) in [5, 5.41) is 1.38. The third-order valence-corrected chi connectivity index (χ3v) is 5.53. The monoisotopic (exact) mass is 413 g/mol. The number of benzene rings is 2. The fourth-order valence-corrected chi connectivity index (χ4v) is 4.32. The van der Waals surface area contributed by atoms with Crippen LogP contribution in [0.5, 0.6) is 0 Å². The zero-order chi connectivity index (χ0) is 19.7. The lowest BCUT2D eigenvalue weighted by Crippen LogP contribution is -2.23. The summed E-state index contributed by atoms with van der Waals surface area (Å²) in [6.45, 7) is 2.00. The van der Waals surface area contributed by atoms with Crippen molar-refractivity contribution in [2.75, 3.05) is 6.61 Å². The van der Waals surface area contributed by atoms with Gasteiger partial charge in [-0.3, -0.25) is 9.59 Å². The Morgan fingerprint density at radius 1 is 1.25 bits per heavy atom. The van der Waals surface area contributed by atoms with E-state index in [9.17, 15) is 9.59 Å². The van der Waals surface area contributed by atoms with Crippen LogP contribution in [0.25, 0.3) is 21.1 Å². The Kier molecular flexibility index (Phi) is 5.02. The Labute approximate surface area is 169 Å². The largest absolute Gasteiger partial charge is 0.465 e. The second-order valence-corrected chi connectivity index (χ2v) is 7.50. The van der Waals surface area contributed by atoms with Crippen LogP contribution in [-0.2, 0) is 16.1 Å². The van der Waals surface area contributed by atoms with Crippen molar-refractivity contribution in [1.29, 1.82) is 0 Å². The number of hydrogen-bond acceptors (Lipinski definition) is 4. The first-order valence-electron chi connectivity index (χ1n) is 8.66. The highest BCUT2D eigenvalue weighted by atomic mass is 35.5. The van der Waals surface area contributed by atoms with Crippen LogP contribution in [0.2, 0.25) is 5.02 Å². The summed E-state index contributed by atoms with van der Waals surface area (Å²) in [5.41, 5.74) is 2.12. The number of aromatic amines is 1. The summed E-state index contributed by atoms with van der Waals surface area (Å²) in [6.07, 6.45) is 1.65. The summed E-state index contributed by atoms with van der Waals surface area (Å²) >= 11 is 7.39. The van der Waals surface area contributed by atoms with Gasteiger partial charge < -0.3 is 14.3 Å². The number of hydrogen-bond donors (Lipinski definition) is 1. The maximum absolute atomic E-state index is 12.9. The fourth-order valence-electron chi connectivity index (χ4n) is 3.02. The van der Waals surface area contributed by atoms with Crippen molar-refractivity contribution in [3.05, 3.63) is 64.0 Å². The third-order valence-electron chi connectivity index (χ3n) is 4.25. The molecule has 1 amide bonds. The number of para-hydroxylation sites is 1. The molecule has 0 aliphatic rings. The van der Waals surface area contributed by atoms with E-state index in [1.54, 1.807) is 29.8 Å². The lowest BCUT2D eigenvalue weighted by Gasteiger charge is -2.05. The Morgan fingerprint density at radius 3 is 2.89 bits per heavy atom. The lowest BCUT2D eigenvalue weighted by atomic mass is 10.2. The molecule has 0 atom stereocenters. The minimum Gasteiger partial charge on any atom is -0.465 e. The van der Waals surface area contributed by atoms with Gasteiger partial charge in [0, 0.05) is 22.1 Å². The number of ether oxygens (including phenoxy) is 1. The predicted octanol–water partition coefficient (Wildman–Crippen LogP) is 4.14. The zero-order valence-corrected chi connectivity index (χ0v) is 16.5. The number of carbonyl (C=O) groups excluding carboxylic acids is 2. The molecular formula is C20H16ClN3O3S. The minimum absolute atomic E-state index is 0.0323. The topological polar surface area (TPSA) is 76.5 Å². The van der Waals surface area contributed by atoms with Gasteiger partial charge in [-0.1, -0.05) is 41.1 Å². The first-order valence-corrected chi connectivity index (χ1v) is 9.86. The van der Waals surface area contributed by atoms with Gasteiger partial charge in [-0.15, -0.1) is 0 Å². The second kappa shape index (κ2) is 7.61. The van der Waals surface area contributed by atoms with Crippen LogP contribution in [0.15, 0.2) is 53.7 Å². The minimum atomic E-state index is -0.391. The van der Waals surface area contributed by atoms with Crippen LogP contribution >= 0.6 is 22.9 Å². The van der Waals surface area contributed by atoms with Gasteiger partial charge in [0.15, 0.2) is 4.80 Å². The molecular weight excluding hydrogens is 398 g/mol. The molecule has 1 N–H and O–H groups in total. The number of carbonyl (C=O) groups is 2. The number of H-pyrrole nitrogens is 1. The van der Waals surface area contributed by atoms with E-state index >= 15 is 0 Å². The Hall–Kier alpha value is -2.90. The molecule has 0 spiro atoms. The molecule has 2 aromatic carbocycles. The number of halogens is 1. The zero-order valence-electron chi connectivity index (χ0n) is 14.9. The van der Waals surface area contributed by atoms with E-state index in [1.165, 1.54) is 11.3 Å². The van der Waals surface area contributed by atoms with Crippen molar-refractivity contribution >= 4 is 55.9 Å². The van der Waals surface area contributed by atoms with Gasteiger partial charge in [0.25, 0.3) is 5.91 Å². The van der Waals surface area contributed by atoms with Crippen molar-refractivity contribution in [2.24, 2.45) is 4.99 Å². The number of rotatable bonds is 4. The molecule has 2 heterocycles. The summed E-state index contributed by atoms with van der Waals surface area (Å²) in [5.74, 6) is -0.772. The molecule has 0 aliphatic heterocycles. The molecule has 4 rings (SSSR count). The molecule has 0 radical (unpaired) electrons. The van der Waals surface area contributed by atoms with Crippen molar-refractivity contribution in [1.82, 2.24) is 9.55 Å². The van der Waals surface area contributed by atoms with Gasteiger partial charge >= 0.3 is 5.97 Å². The van der Waals surface area contributed by atoms with Crippen LogP contribution in [0.4, 0.5) is 0 Å². The number of nitrogens with zero attached hydrogens (tertiary/aromatic N) is 2. The molecule has 4 aromatic rings. The number of fused-ring (bicyclic) bond motifs is 2. The highest BCUT2D eigenvalue weighted by molar-refractivity contribution is 7.16. The van der Waals surface area contributed by atoms with E-state index in [2.05, 4.69) is 9.98 Å². The SMILES string of the molecule is CCOC(=O)Cn1c(=NC(=O)c2c[nH]c3ccccc23)sc2cc(Cl)ccc21. The first kappa shape index (κ1) is 18.5. The van der Waals surface area contributed by atoms with E-state index in [0.717, 1.165) is 21.1 Å². The maximum atomic E-state index is 12.9. The molecule has 0 saturated heterocycles. The maximum Gasteiger partial charge on any atom is 0.326 e. The molecule has 0 aliphatic carbocycles. The molecule has 0 unspecified atom stereocenters. The summed E-state index contributed by atoms with van der Waals surface area (Å²) in [4.78, 5) is 32.7. The van der Waals surface area contributed by atoms with E-state index < -0.39 is 5.97 Å². The predicted molar refractivity (Wildman–Crippen MR) is 110 cm³/mol. The molecule has 2 aromatic heterocycles. The quantitative estimate of drug-likeness (QED) is 0.511. The molecule has 6 nitrogen and oxygen atoms in total. The summed E-state index contributed by atoms with van der Waals surface area (Å²) in [6, 6.07) is 12.9. The van der Waals surface area contributed by atoms with Crippen LogP contribution in [-0.4, -0.2) is 28.0 Å². The average molecular weight is 414 g/mol. The number of thiazole rings is 1. The molecule has 8 heteroatoms. The Morgan fingerprint density at radius 2 is 2.07 bits per heavy atom. The van der Waals surface area contributed by atoms with E-state index in [0.29, 0.717) is 15.4 Å². The fraction of sp³-hybridized carbons (Fsp3) is 0.150. The van der Waals surface area contributed by atoms with Gasteiger partial charge in [-0.2, -0.15) is 4.99 Å². The molecule has 0 fully saturated rings. The second-order valence-electron chi connectivity index (χ2n) is 6.05. The van der Waals surface area contributed by atoms with Crippen LogP contribution in [0, 0.1) is 0 Å².